The van der Waals surface area contributed by atoms with E-state index in [1.165, 1.54) is 0 Å². The molecule has 1 aliphatic rings. The highest BCUT2D eigenvalue weighted by Gasteiger charge is 2.37. The van der Waals surface area contributed by atoms with Crippen LogP contribution in [0.5, 0.6) is 0 Å². The smallest absolute Gasteiger partial charge is 0.257 e. The molecule has 1 N–H and O–H groups in total. The second-order valence-corrected chi connectivity index (χ2v) is 4.73. The largest absolute Gasteiger partial charge is 0.337 e. The van der Waals surface area contributed by atoms with Gasteiger partial charge in [-0.05, 0) is 12.3 Å². The molecule has 0 spiro atoms. The highest BCUT2D eigenvalue weighted by molar-refractivity contribution is 5.95. The number of carbonyl (C=O) groups is 1. The number of amides is 1. The highest BCUT2D eigenvalue weighted by atomic mass is 16.2. The maximum Gasteiger partial charge on any atom is 0.257 e. The summed E-state index contributed by atoms with van der Waals surface area (Å²) in [6.45, 7) is 7.88. The average molecular weight is 193 g/mol. The van der Waals surface area contributed by atoms with Gasteiger partial charge in [0.05, 0.1) is 11.8 Å². The number of rotatable bonds is 1. The zero-order valence-electron chi connectivity index (χ0n) is 8.79. The van der Waals surface area contributed by atoms with Crippen molar-refractivity contribution in [2.45, 2.75) is 20.8 Å². The van der Waals surface area contributed by atoms with Crippen molar-refractivity contribution in [3.63, 3.8) is 0 Å². The Bertz CT molecular complexity index is 359. The summed E-state index contributed by atoms with van der Waals surface area (Å²) < 4.78 is 0. The van der Waals surface area contributed by atoms with Gasteiger partial charge in [-0.2, -0.15) is 5.10 Å². The van der Waals surface area contributed by atoms with Crippen molar-refractivity contribution in [3.8, 4) is 0 Å². The van der Waals surface area contributed by atoms with Gasteiger partial charge >= 0.3 is 0 Å². The summed E-state index contributed by atoms with van der Waals surface area (Å²) in [7, 11) is 0. The highest BCUT2D eigenvalue weighted by Crippen LogP contribution is 2.30. The van der Waals surface area contributed by atoms with Crippen molar-refractivity contribution in [1.82, 2.24) is 15.1 Å². The molecule has 0 atom stereocenters. The van der Waals surface area contributed by atoms with Crippen molar-refractivity contribution in [2.24, 2.45) is 5.41 Å². The molecule has 0 unspecified atom stereocenters. The SMILES string of the molecule is Cc1[nH]ncc1C(=O)N1CC(C)(C)C1. The quantitative estimate of drug-likeness (QED) is 0.728. The van der Waals surface area contributed by atoms with Crippen LogP contribution in [0.2, 0.25) is 0 Å². The number of nitrogens with one attached hydrogen (secondary N) is 1. The Morgan fingerprint density at radius 2 is 2.21 bits per heavy atom. The summed E-state index contributed by atoms with van der Waals surface area (Å²) >= 11 is 0. The third kappa shape index (κ3) is 1.41. The molecule has 1 saturated heterocycles. The van der Waals surface area contributed by atoms with Gasteiger partial charge in [0.2, 0.25) is 0 Å². The number of likely N-dealkylation sites (tertiary alicyclic amines) is 1. The predicted molar refractivity (Wildman–Crippen MR) is 53.0 cm³/mol. The Balaban J connectivity index is 2.08. The third-order valence-electron chi connectivity index (χ3n) is 2.59. The van der Waals surface area contributed by atoms with E-state index in [9.17, 15) is 4.79 Å². The second-order valence-electron chi connectivity index (χ2n) is 4.73. The van der Waals surface area contributed by atoms with Gasteiger partial charge in [-0.25, -0.2) is 0 Å². The van der Waals surface area contributed by atoms with Gasteiger partial charge in [-0.1, -0.05) is 13.8 Å². The lowest BCUT2D eigenvalue weighted by Crippen LogP contribution is -2.55. The molecule has 0 aliphatic carbocycles. The van der Waals surface area contributed by atoms with Crippen LogP contribution in [0.1, 0.15) is 29.9 Å². The summed E-state index contributed by atoms with van der Waals surface area (Å²) in [5.74, 6) is 0.0931. The summed E-state index contributed by atoms with van der Waals surface area (Å²) in [6, 6.07) is 0. The molecule has 4 heteroatoms. The van der Waals surface area contributed by atoms with E-state index < -0.39 is 0 Å². The Morgan fingerprint density at radius 1 is 1.57 bits per heavy atom. The molecule has 76 valence electrons. The van der Waals surface area contributed by atoms with E-state index >= 15 is 0 Å². The first-order chi connectivity index (χ1) is 6.49. The minimum Gasteiger partial charge on any atom is -0.337 e. The Hall–Kier alpha value is -1.32. The molecule has 0 saturated carbocycles. The number of H-pyrrole nitrogens is 1. The zero-order chi connectivity index (χ0) is 10.3. The predicted octanol–water partition coefficient (Wildman–Crippen LogP) is 1.20. The van der Waals surface area contributed by atoms with Gasteiger partial charge in [0, 0.05) is 18.8 Å². The molecule has 1 aliphatic heterocycles. The van der Waals surface area contributed by atoms with Crippen LogP contribution in [-0.4, -0.2) is 34.1 Å². The van der Waals surface area contributed by atoms with Crippen LogP contribution in [0.4, 0.5) is 0 Å². The number of aromatic amines is 1. The molecule has 4 nitrogen and oxygen atoms in total. The summed E-state index contributed by atoms with van der Waals surface area (Å²) in [6.07, 6.45) is 1.60. The molecule has 1 amide bonds. The fourth-order valence-electron chi connectivity index (χ4n) is 1.87. The maximum atomic E-state index is 11.9. The molecule has 1 aromatic heterocycles. The van der Waals surface area contributed by atoms with Gasteiger partial charge in [-0.3, -0.25) is 9.89 Å². The first-order valence-electron chi connectivity index (χ1n) is 4.79. The topological polar surface area (TPSA) is 49.0 Å². The Kier molecular flexibility index (Phi) is 1.87. The number of hydrogen-bond acceptors (Lipinski definition) is 2. The monoisotopic (exact) mass is 193 g/mol. The van der Waals surface area contributed by atoms with E-state index in [0.717, 1.165) is 18.8 Å². The number of hydrogen-bond donors (Lipinski definition) is 1. The van der Waals surface area contributed by atoms with E-state index in [1.807, 2.05) is 11.8 Å². The van der Waals surface area contributed by atoms with Crippen LogP contribution in [0.15, 0.2) is 6.20 Å². The van der Waals surface area contributed by atoms with Crippen LogP contribution in [0.25, 0.3) is 0 Å². The maximum absolute atomic E-state index is 11.9. The molecule has 2 heterocycles. The van der Waals surface area contributed by atoms with Gasteiger partial charge in [0.15, 0.2) is 0 Å². The van der Waals surface area contributed by atoms with Gasteiger partial charge in [0.25, 0.3) is 5.91 Å². The number of carbonyl (C=O) groups excluding carboxylic acids is 1. The van der Waals surface area contributed by atoms with E-state index in [4.69, 9.17) is 0 Å². The summed E-state index contributed by atoms with van der Waals surface area (Å²) in [5.41, 5.74) is 1.83. The lowest BCUT2D eigenvalue weighted by atomic mass is 9.84. The number of nitrogens with zero attached hydrogens (tertiary/aromatic N) is 2. The number of aromatic nitrogens is 2. The van der Waals surface area contributed by atoms with E-state index in [1.54, 1.807) is 6.20 Å². The van der Waals surface area contributed by atoms with Crippen LogP contribution in [0.3, 0.4) is 0 Å². The molecular weight excluding hydrogens is 178 g/mol. The van der Waals surface area contributed by atoms with Crippen LogP contribution < -0.4 is 0 Å². The molecule has 14 heavy (non-hydrogen) atoms. The first kappa shape index (κ1) is 9.24. The van der Waals surface area contributed by atoms with Crippen LogP contribution in [-0.2, 0) is 0 Å². The van der Waals surface area contributed by atoms with Crippen molar-refractivity contribution in [3.05, 3.63) is 17.5 Å². The van der Waals surface area contributed by atoms with Crippen molar-refractivity contribution in [2.75, 3.05) is 13.1 Å². The number of aryl methyl sites for hydroxylation is 1. The fraction of sp³-hybridized carbons (Fsp3) is 0.600. The zero-order valence-corrected chi connectivity index (χ0v) is 8.79. The summed E-state index contributed by atoms with van der Waals surface area (Å²) in [4.78, 5) is 13.7. The fourth-order valence-corrected chi connectivity index (χ4v) is 1.87. The van der Waals surface area contributed by atoms with Crippen molar-refractivity contribution >= 4 is 5.91 Å². The normalized spacial score (nSPS) is 19.2. The molecule has 0 aromatic carbocycles. The molecule has 2 rings (SSSR count). The van der Waals surface area contributed by atoms with Crippen molar-refractivity contribution in [1.29, 1.82) is 0 Å². The lowest BCUT2D eigenvalue weighted by molar-refractivity contribution is 0.0235. The Labute approximate surface area is 83.3 Å². The minimum atomic E-state index is 0.0931. The molecule has 0 radical (unpaired) electrons. The lowest BCUT2D eigenvalue weighted by Gasteiger charge is -2.45. The molecule has 1 fully saturated rings. The van der Waals surface area contributed by atoms with Crippen LogP contribution >= 0.6 is 0 Å². The van der Waals surface area contributed by atoms with Crippen molar-refractivity contribution < 1.29 is 4.79 Å². The van der Waals surface area contributed by atoms with Gasteiger partial charge in [-0.15, -0.1) is 0 Å². The average Bonchev–Trinajstić information content (AvgIpc) is 2.45. The molecule has 0 bridgehead atoms. The van der Waals surface area contributed by atoms with E-state index in [0.29, 0.717) is 5.56 Å². The van der Waals surface area contributed by atoms with E-state index in [-0.39, 0.29) is 11.3 Å². The first-order valence-corrected chi connectivity index (χ1v) is 4.79. The summed E-state index contributed by atoms with van der Waals surface area (Å²) in [5, 5.41) is 6.62. The van der Waals surface area contributed by atoms with E-state index in [2.05, 4.69) is 24.0 Å². The van der Waals surface area contributed by atoms with Crippen LogP contribution in [0, 0.1) is 12.3 Å². The minimum absolute atomic E-state index is 0.0931. The molecular formula is C10H15N3O. The molecule has 1 aromatic rings. The standard InChI is InChI=1S/C10H15N3O/c1-7-8(4-11-12-7)9(14)13-5-10(2,3)6-13/h4H,5-6H2,1-3H3,(H,11,12). The van der Waals surface area contributed by atoms with Gasteiger partial charge < -0.3 is 4.90 Å². The third-order valence-corrected chi connectivity index (χ3v) is 2.59. The van der Waals surface area contributed by atoms with Gasteiger partial charge in [0.1, 0.15) is 0 Å². The second kappa shape index (κ2) is 2.83. The Morgan fingerprint density at radius 3 is 2.64 bits per heavy atom.